The third-order valence-corrected chi connectivity index (χ3v) is 5.21. The fourth-order valence-electron chi connectivity index (χ4n) is 1.46. The largest absolute Gasteiger partial charge is 0.398 e. The van der Waals surface area contributed by atoms with E-state index in [2.05, 4.69) is 25.6 Å². The minimum Gasteiger partial charge on any atom is -0.398 e. The standard InChI is InChI=1S/C11H12BrN3O2S2/c1-7-5-14-11(18-7)6-15-19(16,17)10-4-8(12)2-3-9(10)13/h2-5,15H,6,13H2,1H3. The van der Waals surface area contributed by atoms with Gasteiger partial charge in [0.05, 0.1) is 12.2 Å². The number of halogens is 1. The van der Waals surface area contributed by atoms with Crippen molar-refractivity contribution in [2.24, 2.45) is 0 Å². The van der Waals surface area contributed by atoms with Crippen molar-refractivity contribution < 1.29 is 8.42 Å². The van der Waals surface area contributed by atoms with E-state index in [1.54, 1.807) is 18.3 Å². The Hall–Kier alpha value is -0.960. The van der Waals surface area contributed by atoms with Crippen LogP contribution in [0.15, 0.2) is 33.8 Å². The molecule has 0 bridgehead atoms. The second-order valence-corrected chi connectivity index (χ2v) is 7.84. The summed E-state index contributed by atoms with van der Waals surface area (Å²) in [6.45, 7) is 2.08. The Balaban J connectivity index is 2.20. The van der Waals surface area contributed by atoms with Crippen molar-refractivity contribution in [3.8, 4) is 0 Å². The van der Waals surface area contributed by atoms with E-state index >= 15 is 0 Å². The van der Waals surface area contributed by atoms with Crippen LogP contribution in [-0.4, -0.2) is 13.4 Å². The third-order valence-electron chi connectivity index (χ3n) is 2.35. The van der Waals surface area contributed by atoms with Crippen molar-refractivity contribution in [3.63, 3.8) is 0 Å². The van der Waals surface area contributed by atoms with Gasteiger partial charge in [-0.05, 0) is 25.1 Å². The number of benzene rings is 1. The number of hydrogen-bond donors (Lipinski definition) is 2. The van der Waals surface area contributed by atoms with Crippen molar-refractivity contribution in [2.45, 2.75) is 18.4 Å². The third kappa shape index (κ3) is 3.53. The first-order chi connectivity index (χ1) is 8.88. The molecule has 19 heavy (non-hydrogen) atoms. The number of sulfonamides is 1. The summed E-state index contributed by atoms with van der Waals surface area (Å²) in [6, 6.07) is 4.72. The van der Waals surface area contributed by atoms with Crippen molar-refractivity contribution in [1.29, 1.82) is 0 Å². The SMILES string of the molecule is Cc1cnc(CNS(=O)(=O)c2cc(Br)ccc2N)s1. The Morgan fingerprint density at radius 3 is 2.84 bits per heavy atom. The first-order valence-corrected chi connectivity index (χ1v) is 8.44. The van der Waals surface area contributed by atoms with Crippen LogP contribution in [0.2, 0.25) is 0 Å². The quantitative estimate of drug-likeness (QED) is 0.818. The van der Waals surface area contributed by atoms with Crippen molar-refractivity contribution in [2.75, 3.05) is 5.73 Å². The van der Waals surface area contributed by atoms with Gasteiger partial charge in [0.25, 0.3) is 0 Å². The normalized spacial score (nSPS) is 11.7. The minimum atomic E-state index is -3.64. The zero-order valence-corrected chi connectivity index (χ0v) is 13.3. The first kappa shape index (κ1) is 14.4. The van der Waals surface area contributed by atoms with Gasteiger partial charge in [0, 0.05) is 15.5 Å². The maximum absolute atomic E-state index is 12.2. The van der Waals surface area contributed by atoms with Gasteiger partial charge in [0.1, 0.15) is 9.90 Å². The van der Waals surface area contributed by atoms with Crippen molar-refractivity contribution >= 4 is 43.0 Å². The molecule has 0 spiro atoms. The zero-order valence-electron chi connectivity index (χ0n) is 10.1. The number of hydrogen-bond acceptors (Lipinski definition) is 5. The van der Waals surface area contributed by atoms with E-state index in [4.69, 9.17) is 5.73 Å². The molecule has 0 fully saturated rings. The average molecular weight is 362 g/mol. The number of rotatable bonds is 4. The molecular weight excluding hydrogens is 350 g/mol. The van der Waals surface area contributed by atoms with Gasteiger partial charge in [-0.25, -0.2) is 18.1 Å². The molecule has 0 aliphatic carbocycles. The molecule has 0 aliphatic rings. The van der Waals surface area contributed by atoms with E-state index in [1.165, 1.54) is 17.4 Å². The lowest BCUT2D eigenvalue weighted by atomic mass is 10.3. The molecule has 0 atom stereocenters. The summed E-state index contributed by atoms with van der Waals surface area (Å²) < 4.78 is 27.5. The smallest absolute Gasteiger partial charge is 0.243 e. The van der Waals surface area contributed by atoms with Crippen molar-refractivity contribution in [3.05, 3.63) is 38.8 Å². The van der Waals surface area contributed by atoms with Gasteiger partial charge in [-0.15, -0.1) is 11.3 Å². The molecule has 8 heteroatoms. The summed E-state index contributed by atoms with van der Waals surface area (Å²) >= 11 is 4.68. The molecule has 0 amide bonds. The molecule has 3 N–H and O–H groups in total. The Bertz CT molecular complexity index is 698. The Morgan fingerprint density at radius 2 is 2.21 bits per heavy atom. The molecule has 2 rings (SSSR count). The van der Waals surface area contributed by atoms with Crippen LogP contribution in [0.25, 0.3) is 0 Å². The predicted molar refractivity (Wildman–Crippen MR) is 79.4 cm³/mol. The van der Waals surface area contributed by atoms with E-state index in [0.717, 1.165) is 9.88 Å². The molecule has 102 valence electrons. The highest BCUT2D eigenvalue weighted by atomic mass is 79.9. The number of nitrogens with one attached hydrogen (secondary N) is 1. The highest BCUT2D eigenvalue weighted by Gasteiger charge is 2.18. The first-order valence-electron chi connectivity index (χ1n) is 5.34. The summed E-state index contributed by atoms with van der Waals surface area (Å²) in [7, 11) is -3.64. The lowest BCUT2D eigenvalue weighted by molar-refractivity contribution is 0.581. The molecule has 0 radical (unpaired) electrons. The summed E-state index contributed by atoms with van der Waals surface area (Å²) in [5.41, 5.74) is 5.91. The molecular formula is C11H12BrN3O2S2. The van der Waals surface area contributed by atoms with Gasteiger partial charge < -0.3 is 5.73 Å². The molecule has 0 aliphatic heterocycles. The van der Waals surface area contributed by atoms with Crippen LogP contribution < -0.4 is 10.5 Å². The molecule has 1 heterocycles. The maximum atomic E-state index is 12.2. The Kier molecular flexibility index (Phi) is 4.24. The van der Waals surface area contributed by atoms with E-state index < -0.39 is 10.0 Å². The molecule has 1 aromatic carbocycles. The van der Waals surface area contributed by atoms with Crippen LogP contribution >= 0.6 is 27.3 Å². The summed E-state index contributed by atoms with van der Waals surface area (Å²) in [6.07, 6.45) is 1.71. The fraction of sp³-hybridized carbons (Fsp3) is 0.182. The van der Waals surface area contributed by atoms with E-state index in [1.807, 2.05) is 6.92 Å². The summed E-state index contributed by atoms with van der Waals surface area (Å²) in [5.74, 6) is 0. The van der Waals surface area contributed by atoms with Crippen LogP contribution in [-0.2, 0) is 16.6 Å². The van der Waals surface area contributed by atoms with Gasteiger partial charge in [0.15, 0.2) is 0 Å². The number of aromatic nitrogens is 1. The summed E-state index contributed by atoms with van der Waals surface area (Å²) in [4.78, 5) is 5.21. The number of anilines is 1. The maximum Gasteiger partial charge on any atom is 0.243 e. The molecule has 1 aromatic heterocycles. The topological polar surface area (TPSA) is 85.1 Å². The lowest BCUT2D eigenvalue weighted by Gasteiger charge is -2.08. The Labute approximate surface area is 124 Å². The number of nitrogens with two attached hydrogens (primary N) is 1. The monoisotopic (exact) mass is 361 g/mol. The van der Waals surface area contributed by atoms with Crippen LogP contribution in [0.5, 0.6) is 0 Å². The van der Waals surface area contributed by atoms with Gasteiger partial charge in [-0.2, -0.15) is 0 Å². The molecule has 5 nitrogen and oxygen atoms in total. The van der Waals surface area contributed by atoms with E-state index in [0.29, 0.717) is 4.47 Å². The highest BCUT2D eigenvalue weighted by molar-refractivity contribution is 9.10. The summed E-state index contributed by atoms with van der Waals surface area (Å²) in [5, 5.41) is 0.717. The van der Waals surface area contributed by atoms with Crippen LogP contribution in [0.4, 0.5) is 5.69 Å². The van der Waals surface area contributed by atoms with Gasteiger partial charge in [-0.3, -0.25) is 0 Å². The number of thiazole rings is 1. The second kappa shape index (κ2) is 5.58. The van der Waals surface area contributed by atoms with Gasteiger partial charge >= 0.3 is 0 Å². The molecule has 0 unspecified atom stereocenters. The molecule has 0 saturated carbocycles. The number of aryl methyl sites for hydroxylation is 1. The van der Waals surface area contributed by atoms with Crippen LogP contribution in [0.1, 0.15) is 9.88 Å². The average Bonchev–Trinajstić information content (AvgIpc) is 2.76. The second-order valence-electron chi connectivity index (χ2n) is 3.87. The Morgan fingerprint density at radius 1 is 1.47 bits per heavy atom. The number of nitrogens with zero attached hydrogens (tertiary/aromatic N) is 1. The zero-order chi connectivity index (χ0) is 14.0. The predicted octanol–water partition coefficient (Wildman–Crippen LogP) is 2.27. The lowest BCUT2D eigenvalue weighted by Crippen LogP contribution is -2.24. The molecule has 0 saturated heterocycles. The van der Waals surface area contributed by atoms with Crippen molar-refractivity contribution in [1.82, 2.24) is 9.71 Å². The molecule has 2 aromatic rings. The van der Waals surface area contributed by atoms with Crippen LogP contribution in [0, 0.1) is 6.92 Å². The van der Waals surface area contributed by atoms with Gasteiger partial charge in [0.2, 0.25) is 10.0 Å². The fourth-order valence-corrected chi connectivity index (χ4v) is 3.93. The van der Waals surface area contributed by atoms with Gasteiger partial charge in [-0.1, -0.05) is 15.9 Å². The van der Waals surface area contributed by atoms with Crippen LogP contribution in [0.3, 0.4) is 0 Å². The van der Waals surface area contributed by atoms with E-state index in [9.17, 15) is 8.42 Å². The van der Waals surface area contributed by atoms with E-state index in [-0.39, 0.29) is 17.1 Å². The number of nitrogen functional groups attached to an aromatic ring is 1. The minimum absolute atomic E-state index is 0.0650. The highest BCUT2D eigenvalue weighted by Crippen LogP contribution is 2.23.